The van der Waals surface area contributed by atoms with Crippen molar-refractivity contribution in [1.29, 1.82) is 0 Å². The van der Waals surface area contributed by atoms with Gasteiger partial charge in [0.05, 0.1) is 12.2 Å². The van der Waals surface area contributed by atoms with E-state index in [1.54, 1.807) is 0 Å². The summed E-state index contributed by atoms with van der Waals surface area (Å²) in [5.74, 6) is 0.0328. The minimum Gasteiger partial charge on any atom is -0.360 e. The second kappa shape index (κ2) is 6.74. The van der Waals surface area contributed by atoms with E-state index in [2.05, 4.69) is 44.1 Å². The SMILES string of the molecule is CCN1C[C@H]2C[C@@H]1CN2CC(=O)Nc1nc(-c2c[nH]c3ccccc23)cs1. The fourth-order valence-corrected chi connectivity index (χ4v) is 5.22. The normalized spacial score (nSPS) is 22.7. The van der Waals surface area contributed by atoms with E-state index < -0.39 is 0 Å². The first kappa shape index (κ1) is 16.9. The van der Waals surface area contributed by atoms with E-state index in [0.717, 1.165) is 41.8 Å². The van der Waals surface area contributed by atoms with Crippen molar-refractivity contribution in [3.05, 3.63) is 35.8 Å². The monoisotopic (exact) mass is 381 g/mol. The van der Waals surface area contributed by atoms with E-state index in [4.69, 9.17) is 0 Å². The predicted molar refractivity (Wildman–Crippen MR) is 109 cm³/mol. The van der Waals surface area contributed by atoms with Gasteiger partial charge in [-0.3, -0.25) is 14.6 Å². The Bertz CT molecular complexity index is 980. The highest BCUT2D eigenvalue weighted by Gasteiger charge is 2.42. The molecule has 2 aliphatic rings. The number of benzene rings is 1. The van der Waals surface area contributed by atoms with Crippen molar-refractivity contribution in [2.45, 2.75) is 25.4 Å². The number of para-hydroxylation sites is 1. The molecule has 2 aromatic heterocycles. The van der Waals surface area contributed by atoms with Crippen molar-refractivity contribution in [3.63, 3.8) is 0 Å². The standard InChI is InChI=1S/C20H23N5OS/c1-2-24-9-14-7-13(24)10-25(14)11-19(26)23-20-22-18(12-27-20)16-8-21-17-6-4-3-5-15(16)17/h3-6,8,12-14,21H,2,7,9-11H2,1H3,(H,22,23,26)/t13-,14-/m1/s1. The molecule has 0 unspecified atom stereocenters. The minimum absolute atomic E-state index is 0.0328. The van der Waals surface area contributed by atoms with Gasteiger partial charge in [-0.2, -0.15) is 0 Å². The number of nitrogens with zero attached hydrogens (tertiary/aromatic N) is 3. The van der Waals surface area contributed by atoms with Gasteiger partial charge in [-0.25, -0.2) is 4.98 Å². The van der Waals surface area contributed by atoms with Gasteiger partial charge in [-0.15, -0.1) is 11.3 Å². The van der Waals surface area contributed by atoms with Gasteiger partial charge in [0.15, 0.2) is 5.13 Å². The second-order valence-corrected chi connectivity index (χ2v) is 8.25. The number of likely N-dealkylation sites (N-methyl/N-ethyl adjacent to an activating group) is 1. The molecule has 2 saturated heterocycles. The van der Waals surface area contributed by atoms with Gasteiger partial charge in [-0.05, 0) is 19.0 Å². The number of hydrogen-bond donors (Lipinski definition) is 2. The van der Waals surface area contributed by atoms with Crippen molar-refractivity contribution in [2.75, 3.05) is 31.5 Å². The molecule has 3 aromatic rings. The molecule has 5 rings (SSSR count). The van der Waals surface area contributed by atoms with Crippen LogP contribution in [-0.4, -0.2) is 63.9 Å². The number of aromatic nitrogens is 2. The van der Waals surface area contributed by atoms with Crippen LogP contribution in [0.25, 0.3) is 22.2 Å². The van der Waals surface area contributed by atoms with E-state index in [1.807, 2.05) is 23.7 Å². The van der Waals surface area contributed by atoms with E-state index >= 15 is 0 Å². The number of rotatable bonds is 5. The van der Waals surface area contributed by atoms with Gasteiger partial charge in [0.2, 0.25) is 5.91 Å². The third-order valence-corrected chi connectivity index (χ3v) is 6.59. The fraction of sp³-hybridized carbons (Fsp3) is 0.400. The summed E-state index contributed by atoms with van der Waals surface area (Å²) in [6, 6.07) is 9.33. The Morgan fingerprint density at radius 2 is 2.11 bits per heavy atom. The quantitative estimate of drug-likeness (QED) is 0.713. The summed E-state index contributed by atoms with van der Waals surface area (Å²) < 4.78 is 0. The summed E-state index contributed by atoms with van der Waals surface area (Å²) in [5, 5.41) is 6.80. The van der Waals surface area contributed by atoms with E-state index in [9.17, 15) is 4.79 Å². The number of carbonyl (C=O) groups excluding carboxylic acids is 1. The van der Waals surface area contributed by atoms with Crippen molar-refractivity contribution < 1.29 is 4.79 Å². The number of H-pyrrole nitrogens is 1. The highest BCUT2D eigenvalue weighted by Crippen LogP contribution is 2.32. The van der Waals surface area contributed by atoms with Crippen LogP contribution < -0.4 is 5.32 Å². The van der Waals surface area contributed by atoms with Crippen molar-refractivity contribution >= 4 is 33.3 Å². The van der Waals surface area contributed by atoms with Crippen LogP contribution >= 0.6 is 11.3 Å². The number of fused-ring (bicyclic) bond motifs is 3. The third kappa shape index (κ3) is 3.05. The predicted octanol–water partition coefficient (Wildman–Crippen LogP) is 3.01. The van der Waals surface area contributed by atoms with Crippen LogP contribution in [0.5, 0.6) is 0 Å². The number of likely N-dealkylation sites (tertiary alicyclic amines) is 2. The first-order chi connectivity index (χ1) is 13.2. The molecular weight excluding hydrogens is 358 g/mol. The molecule has 1 amide bonds. The molecule has 2 N–H and O–H groups in total. The molecule has 2 fully saturated rings. The van der Waals surface area contributed by atoms with E-state index in [-0.39, 0.29) is 5.91 Å². The molecule has 2 aliphatic heterocycles. The van der Waals surface area contributed by atoms with Crippen LogP contribution in [-0.2, 0) is 4.79 Å². The number of thiazole rings is 1. The zero-order chi connectivity index (χ0) is 18.4. The summed E-state index contributed by atoms with van der Waals surface area (Å²) >= 11 is 1.48. The number of amides is 1. The topological polar surface area (TPSA) is 64.3 Å². The molecule has 4 heterocycles. The Labute approximate surface area is 162 Å². The fourth-order valence-electron chi connectivity index (χ4n) is 4.49. The molecule has 140 valence electrons. The Hall–Kier alpha value is -2.22. The van der Waals surface area contributed by atoms with Crippen molar-refractivity contribution in [3.8, 4) is 11.3 Å². The number of carbonyl (C=O) groups is 1. The van der Waals surface area contributed by atoms with Gasteiger partial charge in [0, 0.05) is 53.2 Å². The van der Waals surface area contributed by atoms with Crippen LogP contribution in [0.3, 0.4) is 0 Å². The largest absolute Gasteiger partial charge is 0.360 e. The van der Waals surface area contributed by atoms with Crippen molar-refractivity contribution in [2.24, 2.45) is 0 Å². The molecule has 0 spiro atoms. The molecular formula is C20H23N5OS. The average molecular weight is 382 g/mol. The molecule has 0 saturated carbocycles. The molecule has 0 radical (unpaired) electrons. The molecule has 7 heteroatoms. The number of anilines is 1. The zero-order valence-corrected chi connectivity index (χ0v) is 16.1. The van der Waals surface area contributed by atoms with Gasteiger partial charge in [0.1, 0.15) is 0 Å². The van der Waals surface area contributed by atoms with Gasteiger partial charge in [-0.1, -0.05) is 25.1 Å². The molecule has 6 nitrogen and oxygen atoms in total. The summed E-state index contributed by atoms with van der Waals surface area (Å²) in [6.45, 7) is 5.88. The van der Waals surface area contributed by atoms with Crippen LogP contribution in [0.4, 0.5) is 5.13 Å². The zero-order valence-electron chi connectivity index (χ0n) is 15.3. The van der Waals surface area contributed by atoms with Gasteiger partial charge >= 0.3 is 0 Å². The maximum absolute atomic E-state index is 12.5. The van der Waals surface area contributed by atoms with Gasteiger partial charge < -0.3 is 10.3 Å². The van der Waals surface area contributed by atoms with Crippen molar-refractivity contribution in [1.82, 2.24) is 19.8 Å². The maximum Gasteiger partial charge on any atom is 0.240 e. The molecule has 1 aromatic carbocycles. The molecule has 27 heavy (non-hydrogen) atoms. The smallest absolute Gasteiger partial charge is 0.240 e. The summed E-state index contributed by atoms with van der Waals surface area (Å²) in [6.07, 6.45) is 3.18. The van der Waals surface area contributed by atoms with Crippen LogP contribution in [0.1, 0.15) is 13.3 Å². The summed E-state index contributed by atoms with van der Waals surface area (Å²) in [7, 11) is 0. The van der Waals surface area contributed by atoms with Crippen LogP contribution in [0, 0.1) is 0 Å². The lowest BCUT2D eigenvalue weighted by molar-refractivity contribution is -0.117. The molecule has 2 atom stereocenters. The first-order valence-corrected chi connectivity index (χ1v) is 10.4. The number of piperazine rings is 1. The van der Waals surface area contributed by atoms with Crippen LogP contribution in [0.2, 0.25) is 0 Å². The summed E-state index contributed by atoms with van der Waals surface area (Å²) in [5.41, 5.74) is 3.06. The average Bonchev–Trinajstić information content (AvgIpc) is 3.44. The Kier molecular flexibility index (Phi) is 4.22. The lowest BCUT2D eigenvalue weighted by atomic mass is 10.1. The maximum atomic E-state index is 12.5. The third-order valence-electron chi connectivity index (χ3n) is 5.84. The van der Waals surface area contributed by atoms with E-state index in [1.165, 1.54) is 17.8 Å². The Balaban J connectivity index is 1.24. The van der Waals surface area contributed by atoms with E-state index in [0.29, 0.717) is 23.8 Å². The molecule has 2 bridgehead atoms. The lowest BCUT2D eigenvalue weighted by Gasteiger charge is -2.32. The van der Waals surface area contributed by atoms with Crippen LogP contribution in [0.15, 0.2) is 35.8 Å². The van der Waals surface area contributed by atoms with Gasteiger partial charge in [0.25, 0.3) is 0 Å². The lowest BCUT2D eigenvalue weighted by Crippen LogP contribution is -2.48. The minimum atomic E-state index is 0.0328. The Morgan fingerprint density at radius 3 is 2.93 bits per heavy atom. The number of hydrogen-bond acceptors (Lipinski definition) is 5. The summed E-state index contributed by atoms with van der Waals surface area (Å²) in [4.78, 5) is 25.2. The second-order valence-electron chi connectivity index (χ2n) is 7.39. The number of aromatic amines is 1. The highest BCUT2D eigenvalue weighted by molar-refractivity contribution is 7.14. The number of nitrogens with one attached hydrogen (secondary N) is 2. The highest BCUT2D eigenvalue weighted by atomic mass is 32.1. The first-order valence-electron chi connectivity index (χ1n) is 9.51. The Morgan fingerprint density at radius 1 is 1.30 bits per heavy atom. The molecule has 0 aliphatic carbocycles.